The van der Waals surface area contributed by atoms with E-state index in [1.54, 1.807) is 16.7 Å². The van der Waals surface area contributed by atoms with Gasteiger partial charge in [-0.05, 0) is 12.1 Å². The summed E-state index contributed by atoms with van der Waals surface area (Å²) >= 11 is 13.3. The molecule has 2 aromatic rings. The van der Waals surface area contributed by atoms with Crippen LogP contribution < -0.4 is 4.80 Å². The first kappa shape index (κ1) is 9.06. The first-order chi connectivity index (χ1) is 6.11. The molecule has 1 N–H and O–H groups in total. The molecular weight excluding hydrogens is 227 g/mol. The van der Waals surface area contributed by atoms with Gasteiger partial charge in [-0.3, -0.25) is 5.41 Å². The summed E-state index contributed by atoms with van der Waals surface area (Å²) in [6, 6.07) is 3.50. The van der Waals surface area contributed by atoms with E-state index in [1.165, 1.54) is 11.3 Å². The molecule has 0 bridgehead atoms. The number of halogens is 2. The third-order valence-corrected chi connectivity index (χ3v) is 3.69. The van der Waals surface area contributed by atoms with Crippen LogP contribution in [0.3, 0.4) is 0 Å². The van der Waals surface area contributed by atoms with Crippen molar-refractivity contribution >= 4 is 44.8 Å². The maximum absolute atomic E-state index is 7.61. The molecule has 0 aliphatic carbocycles. The van der Waals surface area contributed by atoms with Gasteiger partial charge in [0, 0.05) is 7.05 Å². The Hall–Kier alpha value is -0.510. The largest absolute Gasteiger partial charge is 0.319 e. The van der Waals surface area contributed by atoms with Gasteiger partial charge >= 0.3 is 0 Å². The number of hydrogen-bond acceptors (Lipinski definition) is 2. The monoisotopic (exact) mass is 232 g/mol. The molecule has 13 heavy (non-hydrogen) atoms. The highest BCUT2D eigenvalue weighted by atomic mass is 35.5. The Bertz CT molecular complexity index is 527. The predicted molar refractivity (Wildman–Crippen MR) is 56.7 cm³/mol. The predicted octanol–water partition coefficient (Wildman–Crippen LogP) is 3.03. The van der Waals surface area contributed by atoms with Crippen molar-refractivity contribution in [2.45, 2.75) is 0 Å². The van der Waals surface area contributed by atoms with Gasteiger partial charge in [-0.25, -0.2) is 0 Å². The van der Waals surface area contributed by atoms with Crippen molar-refractivity contribution in [1.29, 1.82) is 5.41 Å². The fraction of sp³-hybridized carbons (Fsp3) is 0.125. The minimum atomic E-state index is 0.449. The van der Waals surface area contributed by atoms with Crippen LogP contribution in [0.5, 0.6) is 0 Å². The molecule has 0 fully saturated rings. The van der Waals surface area contributed by atoms with Crippen molar-refractivity contribution in [2.75, 3.05) is 0 Å². The number of aryl methyl sites for hydroxylation is 1. The zero-order valence-corrected chi connectivity index (χ0v) is 9.09. The van der Waals surface area contributed by atoms with Gasteiger partial charge in [0.25, 0.3) is 0 Å². The molecule has 0 spiro atoms. The molecule has 0 radical (unpaired) electrons. The van der Waals surface area contributed by atoms with Crippen molar-refractivity contribution < 1.29 is 0 Å². The molecule has 0 atom stereocenters. The van der Waals surface area contributed by atoms with Crippen LogP contribution in [0, 0.1) is 5.41 Å². The van der Waals surface area contributed by atoms with Crippen LogP contribution in [0.2, 0.25) is 10.0 Å². The molecule has 5 heteroatoms. The summed E-state index contributed by atoms with van der Waals surface area (Å²) in [6.45, 7) is 0. The number of nitrogens with zero attached hydrogens (tertiary/aromatic N) is 1. The molecule has 2 nitrogen and oxygen atoms in total. The molecule has 1 aromatic carbocycles. The van der Waals surface area contributed by atoms with Crippen LogP contribution in [0.1, 0.15) is 0 Å². The van der Waals surface area contributed by atoms with Crippen LogP contribution in [-0.4, -0.2) is 4.57 Å². The zero-order valence-electron chi connectivity index (χ0n) is 6.77. The van der Waals surface area contributed by atoms with Gasteiger partial charge in [0.2, 0.25) is 0 Å². The van der Waals surface area contributed by atoms with Gasteiger partial charge in [-0.15, -0.1) is 0 Å². The fourth-order valence-electron chi connectivity index (χ4n) is 1.20. The number of rotatable bonds is 0. The summed E-state index contributed by atoms with van der Waals surface area (Å²) in [5.74, 6) is 0. The van der Waals surface area contributed by atoms with Crippen molar-refractivity contribution in [3.63, 3.8) is 0 Å². The topological polar surface area (TPSA) is 28.8 Å². The molecule has 2 rings (SSSR count). The lowest BCUT2D eigenvalue weighted by Gasteiger charge is -1.98. The highest BCUT2D eigenvalue weighted by molar-refractivity contribution is 7.17. The van der Waals surface area contributed by atoms with Crippen molar-refractivity contribution in [2.24, 2.45) is 7.05 Å². The lowest BCUT2D eigenvalue weighted by atomic mass is 10.3. The first-order valence-corrected chi connectivity index (χ1v) is 5.16. The number of thiazole rings is 1. The molecule has 0 amide bonds. The molecule has 0 aliphatic heterocycles. The van der Waals surface area contributed by atoms with Gasteiger partial charge in [-0.1, -0.05) is 34.5 Å². The highest BCUT2D eigenvalue weighted by Crippen LogP contribution is 2.30. The average molecular weight is 233 g/mol. The molecule has 1 aromatic heterocycles. The highest BCUT2D eigenvalue weighted by Gasteiger charge is 2.08. The molecule has 0 aliphatic rings. The van der Waals surface area contributed by atoms with Gasteiger partial charge in [0.1, 0.15) is 0 Å². The second-order valence-electron chi connectivity index (χ2n) is 2.67. The van der Waals surface area contributed by atoms with Crippen LogP contribution >= 0.6 is 34.5 Å². The number of aromatic nitrogens is 1. The summed E-state index contributed by atoms with van der Waals surface area (Å²) in [6.07, 6.45) is 0. The number of nitrogens with one attached hydrogen (secondary N) is 1. The smallest absolute Gasteiger partial charge is 0.182 e. The van der Waals surface area contributed by atoms with E-state index in [2.05, 4.69) is 0 Å². The zero-order chi connectivity index (χ0) is 9.59. The van der Waals surface area contributed by atoms with Gasteiger partial charge < -0.3 is 4.57 Å². The standard InChI is InChI=1S/C8H6Cl2N2S/c1-12-6-4(9)2-3-5(10)7(6)13-8(12)11/h2-3,11H,1H3. The van der Waals surface area contributed by atoms with Crippen molar-refractivity contribution in [3.05, 3.63) is 27.0 Å². The number of fused-ring (bicyclic) bond motifs is 1. The third-order valence-electron chi connectivity index (χ3n) is 1.87. The van der Waals surface area contributed by atoms with E-state index >= 15 is 0 Å². The minimum absolute atomic E-state index is 0.449. The van der Waals surface area contributed by atoms with E-state index in [0.717, 1.165) is 10.2 Å². The Morgan fingerprint density at radius 3 is 2.54 bits per heavy atom. The maximum atomic E-state index is 7.61. The van der Waals surface area contributed by atoms with Crippen LogP contribution in [-0.2, 0) is 7.05 Å². The van der Waals surface area contributed by atoms with E-state index in [1.807, 2.05) is 7.05 Å². The summed E-state index contributed by atoms with van der Waals surface area (Å²) in [5, 5.41) is 8.89. The fourth-order valence-corrected chi connectivity index (χ4v) is 2.74. The maximum Gasteiger partial charge on any atom is 0.182 e. The molecule has 0 saturated carbocycles. The van der Waals surface area contributed by atoms with Crippen LogP contribution in [0.15, 0.2) is 12.1 Å². The summed E-state index contributed by atoms with van der Waals surface area (Å²) in [5.41, 5.74) is 0.837. The molecule has 0 saturated heterocycles. The molecule has 1 heterocycles. The summed E-state index contributed by atoms with van der Waals surface area (Å²) in [7, 11) is 1.81. The minimum Gasteiger partial charge on any atom is -0.319 e. The Labute approximate surface area is 88.8 Å². The Balaban J connectivity index is 3.09. The Morgan fingerprint density at radius 2 is 1.92 bits per heavy atom. The van der Waals surface area contributed by atoms with Crippen molar-refractivity contribution in [3.8, 4) is 0 Å². The van der Waals surface area contributed by atoms with Gasteiger partial charge in [0.15, 0.2) is 4.80 Å². The molecule has 0 unspecified atom stereocenters. The van der Waals surface area contributed by atoms with Crippen LogP contribution in [0.4, 0.5) is 0 Å². The Kier molecular flexibility index (Phi) is 2.10. The lowest BCUT2D eigenvalue weighted by Crippen LogP contribution is -2.06. The van der Waals surface area contributed by atoms with Gasteiger partial charge in [0.05, 0.1) is 20.3 Å². The lowest BCUT2D eigenvalue weighted by molar-refractivity contribution is 0.894. The molecular formula is C8H6Cl2N2S. The first-order valence-electron chi connectivity index (χ1n) is 3.59. The van der Waals surface area contributed by atoms with E-state index < -0.39 is 0 Å². The molecule has 68 valence electrons. The van der Waals surface area contributed by atoms with E-state index in [-0.39, 0.29) is 0 Å². The number of benzene rings is 1. The van der Waals surface area contributed by atoms with E-state index in [9.17, 15) is 0 Å². The quantitative estimate of drug-likeness (QED) is 0.724. The van der Waals surface area contributed by atoms with E-state index in [4.69, 9.17) is 28.6 Å². The summed E-state index contributed by atoms with van der Waals surface area (Å²) < 4.78 is 2.61. The van der Waals surface area contributed by atoms with Gasteiger partial charge in [-0.2, -0.15) is 0 Å². The number of hydrogen-bond donors (Lipinski definition) is 1. The normalized spacial score (nSPS) is 11.0. The third kappa shape index (κ3) is 1.27. The average Bonchev–Trinajstić information content (AvgIpc) is 2.38. The van der Waals surface area contributed by atoms with Crippen LogP contribution in [0.25, 0.3) is 10.2 Å². The van der Waals surface area contributed by atoms with E-state index in [0.29, 0.717) is 14.8 Å². The summed E-state index contributed by atoms with van der Waals surface area (Å²) in [4.78, 5) is 0.449. The second kappa shape index (κ2) is 3.01. The Morgan fingerprint density at radius 1 is 1.31 bits per heavy atom. The SMILES string of the molecule is Cn1c(=N)sc2c(Cl)ccc(Cl)c21. The second-order valence-corrected chi connectivity index (χ2v) is 4.49. The van der Waals surface area contributed by atoms with Crippen molar-refractivity contribution in [1.82, 2.24) is 4.57 Å².